The Bertz CT molecular complexity index is 422. The number of amides is 1. The van der Waals surface area contributed by atoms with E-state index in [1.165, 1.54) is 12.1 Å². The molecule has 0 atom stereocenters. The molecule has 0 radical (unpaired) electrons. The molecule has 92 valence electrons. The van der Waals surface area contributed by atoms with Crippen LogP contribution in [0.25, 0.3) is 0 Å². The van der Waals surface area contributed by atoms with Crippen LogP contribution in [0.1, 0.15) is 28.8 Å². The van der Waals surface area contributed by atoms with Crippen molar-refractivity contribution in [3.63, 3.8) is 0 Å². The molecule has 0 unspecified atom stereocenters. The van der Waals surface area contributed by atoms with Gasteiger partial charge in [-0.2, -0.15) is 0 Å². The third-order valence-corrected chi connectivity index (χ3v) is 3.61. The Morgan fingerprint density at radius 2 is 2.18 bits per heavy atom. The standard InChI is InChI=1S/C13H15BrFNO/c14-6-1-2-7-16-8-5-10-3-4-11(15)9-12(10)13(16)17/h3-4,9H,1-2,5-8H2. The van der Waals surface area contributed by atoms with Gasteiger partial charge in [-0.25, -0.2) is 4.39 Å². The molecule has 1 aliphatic rings. The number of hydrogen-bond acceptors (Lipinski definition) is 1. The Morgan fingerprint density at radius 1 is 1.35 bits per heavy atom. The highest BCUT2D eigenvalue weighted by molar-refractivity contribution is 9.09. The Kier molecular flexibility index (Phi) is 4.15. The Hall–Kier alpha value is -0.900. The summed E-state index contributed by atoms with van der Waals surface area (Å²) in [7, 11) is 0. The Morgan fingerprint density at radius 3 is 2.94 bits per heavy atom. The lowest BCUT2D eigenvalue weighted by Crippen LogP contribution is -2.38. The van der Waals surface area contributed by atoms with Gasteiger partial charge in [-0.3, -0.25) is 4.79 Å². The van der Waals surface area contributed by atoms with Crippen molar-refractivity contribution in [3.8, 4) is 0 Å². The number of halogens is 2. The number of carbonyl (C=O) groups is 1. The van der Waals surface area contributed by atoms with Crippen LogP contribution in [0, 0.1) is 5.82 Å². The minimum atomic E-state index is -0.334. The third kappa shape index (κ3) is 2.86. The number of carbonyl (C=O) groups excluding carboxylic acids is 1. The van der Waals surface area contributed by atoms with E-state index in [2.05, 4.69) is 15.9 Å². The van der Waals surface area contributed by atoms with Gasteiger partial charge in [0.25, 0.3) is 5.91 Å². The fourth-order valence-electron chi connectivity index (χ4n) is 2.10. The van der Waals surface area contributed by atoms with E-state index in [1.807, 2.05) is 4.90 Å². The average molecular weight is 300 g/mol. The van der Waals surface area contributed by atoms with Crippen molar-refractivity contribution in [3.05, 3.63) is 35.1 Å². The summed E-state index contributed by atoms with van der Waals surface area (Å²) in [5.74, 6) is -0.361. The number of benzene rings is 1. The molecule has 0 spiro atoms. The summed E-state index contributed by atoms with van der Waals surface area (Å²) in [5.41, 5.74) is 1.50. The topological polar surface area (TPSA) is 20.3 Å². The van der Waals surface area contributed by atoms with Gasteiger partial charge in [0, 0.05) is 24.0 Å². The molecule has 0 saturated carbocycles. The normalized spacial score (nSPS) is 14.9. The lowest BCUT2D eigenvalue weighted by Gasteiger charge is -2.28. The van der Waals surface area contributed by atoms with E-state index in [9.17, 15) is 9.18 Å². The lowest BCUT2D eigenvalue weighted by molar-refractivity contribution is 0.0737. The second-order valence-corrected chi connectivity index (χ2v) is 5.03. The van der Waals surface area contributed by atoms with Crippen LogP contribution in [0.4, 0.5) is 4.39 Å². The third-order valence-electron chi connectivity index (χ3n) is 3.05. The van der Waals surface area contributed by atoms with Crippen LogP contribution in [0.3, 0.4) is 0 Å². The average Bonchev–Trinajstić information content (AvgIpc) is 2.33. The molecule has 0 fully saturated rings. The first-order valence-electron chi connectivity index (χ1n) is 5.86. The SMILES string of the molecule is O=C1c2cc(F)ccc2CCN1CCCCBr. The van der Waals surface area contributed by atoms with E-state index < -0.39 is 0 Å². The molecule has 0 bridgehead atoms. The van der Waals surface area contributed by atoms with Crippen molar-refractivity contribution in [2.75, 3.05) is 18.4 Å². The van der Waals surface area contributed by atoms with Crippen LogP contribution >= 0.6 is 15.9 Å². The van der Waals surface area contributed by atoms with Gasteiger partial charge in [-0.15, -0.1) is 0 Å². The summed E-state index contributed by atoms with van der Waals surface area (Å²) in [6, 6.07) is 4.50. The molecule has 0 N–H and O–H groups in total. The predicted octanol–water partition coefficient (Wildman–Crippen LogP) is 3.00. The smallest absolute Gasteiger partial charge is 0.254 e. The van der Waals surface area contributed by atoms with Gasteiger partial charge in [0.15, 0.2) is 0 Å². The zero-order valence-electron chi connectivity index (χ0n) is 9.59. The molecule has 0 aromatic heterocycles. The predicted molar refractivity (Wildman–Crippen MR) is 69.0 cm³/mol. The number of fused-ring (bicyclic) bond motifs is 1. The largest absolute Gasteiger partial charge is 0.338 e. The summed E-state index contributed by atoms with van der Waals surface area (Å²) in [6.45, 7) is 1.51. The van der Waals surface area contributed by atoms with Crippen molar-refractivity contribution in [1.29, 1.82) is 0 Å². The summed E-state index contributed by atoms with van der Waals surface area (Å²) in [6.07, 6.45) is 2.87. The van der Waals surface area contributed by atoms with Crippen LogP contribution in [0.2, 0.25) is 0 Å². The number of hydrogen-bond donors (Lipinski definition) is 0. The van der Waals surface area contributed by atoms with E-state index in [4.69, 9.17) is 0 Å². The van der Waals surface area contributed by atoms with Crippen molar-refractivity contribution in [2.45, 2.75) is 19.3 Å². The monoisotopic (exact) mass is 299 g/mol. The zero-order valence-corrected chi connectivity index (χ0v) is 11.2. The van der Waals surface area contributed by atoms with Crippen LogP contribution in [0.5, 0.6) is 0 Å². The van der Waals surface area contributed by atoms with Crippen molar-refractivity contribution in [2.24, 2.45) is 0 Å². The molecule has 1 amide bonds. The highest BCUT2D eigenvalue weighted by atomic mass is 79.9. The molecule has 2 rings (SSSR count). The molecule has 1 aliphatic heterocycles. The van der Waals surface area contributed by atoms with Gasteiger partial charge in [-0.1, -0.05) is 22.0 Å². The summed E-state index contributed by atoms with van der Waals surface area (Å²) < 4.78 is 13.1. The molecular formula is C13H15BrFNO. The molecule has 0 saturated heterocycles. The second-order valence-electron chi connectivity index (χ2n) is 4.24. The first kappa shape index (κ1) is 12.6. The molecule has 2 nitrogen and oxygen atoms in total. The van der Waals surface area contributed by atoms with Crippen LogP contribution in [-0.2, 0) is 6.42 Å². The minimum Gasteiger partial charge on any atom is -0.338 e. The number of alkyl halides is 1. The number of nitrogens with zero attached hydrogens (tertiary/aromatic N) is 1. The molecule has 1 aromatic rings. The van der Waals surface area contributed by atoms with E-state index in [0.717, 1.165) is 43.2 Å². The molecule has 17 heavy (non-hydrogen) atoms. The summed E-state index contributed by atoms with van der Waals surface area (Å²) in [5, 5.41) is 0.959. The Labute approximate surface area is 109 Å². The van der Waals surface area contributed by atoms with Gasteiger partial charge in [0.05, 0.1) is 0 Å². The molecule has 1 heterocycles. The maximum atomic E-state index is 13.1. The van der Waals surface area contributed by atoms with Gasteiger partial charge in [0.2, 0.25) is 0 Å². The van der Waals surface area contributed by atoms with Gasteiger partial charge >= 0.3 is 0 Å². The zero-order chi connectivity index (χ0) is 12.3. The number of rotatable bonds is 4. The van der Waals surface area contributed by atoms with E-state index in [-0.39, 0.29) is 11.7 Å². The van der Waals surface area contributed by atoms with E-state index in [0.29, 0.717) is 5.56 Å². The first-order chi connectivity index (χ1) is 8.22. The maximum Gasteiger partial charge on any atom is 0.254 e. The number of unbranched alkanes of at least 4 members (excludes halogenated alkanes) is 1. The van der Waals surface area contributed by atoms with E-state index in [1.54, 1.807) is 6.07 Å². The molecule has 4 heteroatoms. The minimum absolute atomic E-state index is 0.0275. The van der Waals surface area contributed by atoms with Crippen molar-refractivity contribution < 1.29 is 9.18 Å². The van der Waals surface area contributed by atoms with Crippen LogP contribution in [-0.4, -0.2) is 29.2 Å². The van der Waals surface area contributed by atoms with Crippen molar-refractivity contribution >= 4 is 21.8 Å². The highest BCUT2D eigenvalue weighted by Gasteiger charge is 2.23. The van der Waals surface area contributed by atoms with E-state index >= 15 is 0 Å². The highest BCUT2D eigenvalue weighted by Crippen LogP contribution is 2.20. The van der Waals surface area contributed by atoms with Crippen molar-refractivity contribution in [1.82, 2.24) is 4.90 Å². The van der Waals surface area contributed by atoms with Gasteiger partial charge < -0.3 is 4.90 Å². The summed E-state index contributed by atoms with van der Waals surface area (Å²) >= 11 is 3.37. The molecule has 0 aliphatic carbocycles. The van der Waals surface area contributed by atoms with Crippen LogP contribution in [0.15, 0.2) is 18.2 Å². The molecule has 1 aromatic carbocycles. The lowest BCUT2D eigenvalue weighted by atomic mass is 9.99. The van der Waals surface area contributed by atoms with Gasteiger partial charge in [0.1, 0.15) is 5.82 Å². The molecular weight excluding hydrogens is 285 g/mol. The van der Waals surface area contributed by atoms with Gasteiger partial charge in [-0.05, 0) is 37.0 Å². The fourth-order valence-corrected chi connectivity index (χ4v) is 2.50. The Balaban J connectivity index is 2.09. The fraction of sp³-hybridized carbons (Fsp3) is 0.462. The summed E-state index contributed by atoms with van der Waals surface area (Å²) in [4.78, 5) is 13.9. The second kappa shape index (κ2) is 5.63. The van der Waals surface area contributed by atoms with Crippen LogP contribution < -0.4 is 0 Å². The quantitative estimate of drug-likeness (QED) is 0.618. The first-order valence-corrected chi connectivity index (χ1v) is 6.98. The maximum absolute atomic E-state index is 13.1.